The maximum absolute atomic E-state index is 10.2. The number of hydrogen-bond acceptors (Lipinski definition) is 1. The number of carbonyl (C=O) groups is 1. The molecule has 2 aliphatic rings. The van der Waals surface area contributed by atoms with E-state index in [4.69, 9.17) is 0 Å². The van der Waals surface area contributed by atoms with Crippen molar-refractivity contribution < 1.29 is 4.79 Å². The molecule has 2 rings (SSSR count). The Labute approximate surface area is 74.5 Å². The normalized spacial score (nSPS) is 31.8. The molecule has 2 saturated carbocycles. The Hall–Kier alpha value is -0.330. The van der Waals surface area contributed by atoms with Crippen molar-refractivity contribution in [3.05, 3.63) is 0 Å². The van der Waals surface area contributed by atoms with Gasteiger partial charge in [-0.05, 0) is 37.0 Å². The average Bonchev–Trinajstić information content (AvgIpc) is 2.77. The van der Waals surface area contributed by atoms with Crippen molar-refractivity contribution in [1.82, 2.24) is 0 Å². The fourth-order valence-corrected chi connectivity index (χ4v) is 2.98. The van der Waals surface area contributed by atoms with Gasteiger partial charge in [0.1, 0.15) is 6.29 Å². The first-order valence-corrected chi connectivity index (χ1v) is 5.31. The summed E-state index contributed by atoms with van der Waals surface area (Å²) in [6.07, 6.45) is 11.7. The fourth-order valence-electron chi connectivity index (χ4n) is 2.98. The zero-order chi connectivity index (χ0) is 8.44. The Morgan fingerprint density at radius 2 is 2.00 bits per heavy atom. The monoisotopic (exact) mass is 166 g/mol. The van der Waals surface area contributed by atoms with E-state index < -0.39 is 0 Å². The van der Waals surface area contributed by atoms with E-state index in [2.05, 4.69) is 0 Å². The molecule has 1 nitrogen and oxygen atoms in total. The molecule has 0 N–H and O–H groups in total. The molecule has 1 spiro atoms. The van der Waals surface area contributed by atoms with Gasteiger partial charge in [0.05, 0.1) is 0 Å². The van der Waals surface area contributed by atoms with Gasteiger partial charge < -0.3 is 4.79 Å². The third-order valence-corrected chi connectivity index (χ3v) is 3.84. The van der Waals surface area contributed by atoms with Crippen molar-refractivity contribution in [3.8, 4) is 0 Å². The van der Waals surface area contributed by atoms with E-state index in [0.717, 1.165) is 24.0 Å². The van der Waals surface area contributed by atoms with E-state index in [9.17, 15) is 4.79 Å². The van der Waals surface area contributed by atoms with Crippen molar-refractivity contribution >= 4 is 6.29 Å². The minimum absolute atomic E-state index is 0.737. The summed E-state index contributed by atoms with van der Waals surface area (Å²) in [6, 6.07) is 0. The Kier molecular flexibility index (Phi) is 2.20. The van der Waals surface area contributed by atoms with Gasteiger partial charge >= 0.3 is 0 Å². The number of rotatable bonds is 3. The molecule has 0 aromatic carbocycles. The molecule has 1 heteroatoms. The minimum Gasteiger partial charge on any atom is -0.303 e. The summed E-state index contributed by atoms with van der Waals surface area (Å²) in [5.41, 5.74) is 0.737. The molecule has 68 valence electrons. The number of carbonyl (C=O) groups excluding carboxylic acids is 1. The van der Waals surface area contributed by atoms with Crippen LogP contribution in [0, 0.1) is 11.3 Å². The van der Waals surface area contributed by atoms with Crippen molar-refractivity contribution in [2.24, 2.45) is 11.3 Å². The molecular weight excluding hydrogens is 148 g/mol. The van der Waals surface area contributed by atoms with Gasteiger partial charge in [0, 0.05) is 6.42 Å². The van der Waals surface area contributed by atoms with Crippen LogP contribution in [0.15, 0.2) is 0 Å². The first-order valence-electron chi connectivity index (χ1n) is 5.31. The molecule has 0 aromatic rings. The first-order chi connectivity index (χ1) is 5.87. The molecule has 0 heterocycles. The molecular formula is C11H18O. The zero-order valence-corrected chi connectivity index (χ0v) is 7.72. The standard InChI is InChI=1S/C11H18O/c12-8-4-5-10-9-11(10)6-2-1-3-7-11/h8,10H,1-7,9H2. The Bertz CT molecular complexity index is 168. The van der Waals surface area contributed by atoms with Crippen LogP contribution in [0.25, 0.3) is 0 Å². The largest absolute Gasteiger partial charge is 0.303 e. The van der Waals surface area contributed by atoms with Gasteiger partial charge in [0.15, 0.2) is 0 Å². The predicted molar refractivity (Wildman–Crippen MR) is 48.9 cm³/mol. The van der Waals surface area contributed by atoms with Crippen LogP contribution in [-0.2, 0) is 4.79 Å². The second-order valence-electron chi connectivity index (χ2n) is 4.57. The number of hydrogen-bond donors (Lipinski definition) is 0. The maximum Gasteiger partial charge on any atom is 0.120 e. The van der Waals surface area contributed by atoms with Crippen LogP contribution in [0.2, 0.25) is 0 Å². The van der Waals surface area contributed by atoms with Crippen molar-refractivity contribution in [2.75, 3.05) is 0 Å². The van der Waals surface area contributed by atoms with Crippen molar-refractivity contribution in [3.63, 3.8) is 0 Å². The molecule has 1 atom stereocenters. The highest BCUT2D eigenvalue weighted by atomic mass is 16.1. The first kappa shape index (κ1) is 8.28. The lowest BCUT2D eigenvalue weighted by atomic mass is 9.84. The van der Waals surface area contributed by atoms with Gasteiger partial charge in [-0.15, -0.1) is 0 Å². The summed E-state index contributed by atoms with van der Waals surface area (Å²) < 4.78 is 0. The maximum atomic E-state index is 10.2. The Morgan fingerprint density at radius 1 is 1.25 bits per heavy atom. The van der Waals surface area contributed by atoms with Crippen LogP contribution < -0.4 is 0 Å². The SMILES string of the molecule is O=CCCC1CC12CCCCC2. The topological polar surface area (TPSA) is 17.1 Å². The summed E-state index contributed by atoms with van der Waals surface area (Å²) >= 11 is 0. The highest BCUT2D eigenvalue weighted by Crippen LogP contribution is 2.62. The Morgan fingerprint density at radius 3 is 2.67 bits per heavy atom. The molecule has 0 aliphatic heterocycles. The van der Waals surface area contributed by atoms with E-state index in [-0.39, 0.29) is 0 Å². The number of aldehydes is 1. The summed E-state index contributed by atoms with van der Waals surface area (Å²) in [5, 5.41) is 0. The minimum atomic E-state index is 0.737. The zero-order valence-electron chi connectivity index (χ0n) is 7.72. The molecule has 0 amide bonds. The van der Waals surface area contributed by atoms with E-state index in [1.54, 1.807) is 0 Å². The lowest BCUT2D eigenvalue weighted by Gasteiger charge is -2.22. The predicted octanol–water partition coefficient (Wildman–Crippen LogP) is 2.94. The van der Waals surface area contributed by atoms with Crippen molar-refractivity contribution in [1.29, 1.82) is 0 Å². The molecule has 0 saturated heterocycles. The van der Waals surface area contributed by atoms with E-state index in [1.165, 1.54) is 44.9 Å². The third kappa shape index (κ3) is 1.41. The molecule has 0 bridgehead atoms. The average molecular weight is 166 g/mol. The van der Waals surface area contributed by atoms with Crippen LogP contribution in [0.1, 0.15) is 51.4 Å². The molecule has 12 heavy (non-hydrogen) atoms. The summed E-state index contributed by atoms with van der Waals surface area (Å²) in [4.78, 5) is 10.2. The highest BCUT2D eigenvalue weighted by molar-refractivity contribution is 5.49. The van der Waals surface area contributed by atoms with Gasteiger partial charge in [-0.1, -0.05) is 19.3 Å². The van der Waals surface area contributed by atoms with E-state index in [1.807, 2.05) is 0 Å². The van der Waals surface area contributed by atoms with Gasteiger partial charge in [-0.2, -0.15) is 0 Å². The van der Waals surface area contributed by atoms with E-state index >= 15 is 0 Å². The van der Waals surface area contributed by atoms with Crippen LogP contribution in [0.3, 0.4) is 0 Å². The summed E-state index contributed by atoms with van der Waals surface area (Å²) in [5.74, 6) is 0.919. The van der Waals surface area contributed by atoms with E-state index in [0.29, 0.717) is 0 Å². The van der Waals surface area contributed by atoms with Gasteiger partial charge in [0.2, 0.25) is 0 Å². The quantitative estimate of drug-likeness (QED) is 0.589. The van der Waals surface area contributed by atoms with Crippen LogP contribution in [0.5, 0.6) is 0 Å². The Balaban J connectivity index is 1.79. The molecule has 2 fully saturated rings. The second kappa shape index (κ2) is 3.20. The second-order valence-corrected chi connectivity index (χ2v) is 4.57. The lowest BCUT2D eigenvalue weighted by molar-refractivity contribution is -0.108. The lowest BCUT2D eigenvalue weighted by Crippen LogP contribution is -2.09. The molecule has 0 radical (unpaired) electrons. The van der Waals surface area contributed by atoms with Gasteiger partial charge in [-0.3, -0.25) is 0 Å². The van der Waals surface area contributed by atoms with Crippen LogP contribution in [-0.4, -0.2) is 6.29 Å². The summed E-state index contributed by atoms with van der Waals surface area (Å²) in [7, 11) is 0. The van der Waals surface area contributed by atoms with Crippen LogP contribution >= 0.6 is 0 Å². The van der Waals surface area contributed by atoms with Crippen molar-refractivity contribution in [2.45, 2.75) is 51.4 Å². The smallest absolute Gasteiger partial charge is 0.120 e. The van der Waals surface area contributed by atoms with Crippen LogP contribution in [0.4, 0.5) is 0 Å². The third-order valence-electron chi connectivity index (χ3n) is 3.84. The molecule has 2 aliphatic carbocycles. The molecule has 0 aromatic heterocycles. The summed E-state index contributed by atoms with van der Waals surface area (Å²) in [6.45, 7) is 0. The van der Waals surface area contributed by atoms with Gasteiger partial charge in [-0.25, -0.2) is 0 Å². The van der Waals surface area contributed by atoms with Gasteiger partial charge in [0.25, 0.3) is 0 Å². The molecule has 1 unspecified atom stereocenters. The fraction of sp³-hybridized carbons (Fsp3) is 0.909. The highest BCUT2D eigenvalue weighted by Gasteiger charge is 2.52.